The largest absolute Gasteiger partial charge is 0.338 e. The molecule has 2 heterocycles. The van der Waals surface area contributed by atoms with Gasteiger partial charge in [-0.3, -0.25) is 0 Å². The Morgan fingerprint density at radius 1 is 0.971 bits per heavy atom. The number of carbonyl (C=O) groups excluding carboxylic acids is 2. The van der Waals surface area contributed by atoms with E-state index >= 15 is 0 Å². The molecule has 0 aliphatic carbocycles. The second-order valence-corrected chi connectivity index (χ2v) is 8.83. The highest BCUT2D eigenvalue weighted by atomic mass is 19.2. The Morgan fingerprint density at radius 3 is 2.38 bits per heavy atom. The predicted octanol–water partition coefficient (Wildman–Crippen LogP) is 4.54. The summed E-state index contributed by atoms with van der Waals surface area (Å²) in [6.45, 7) is 3.42. The van der Waals surface area contributed by atoms with Gasteiger partial charge in [-0.1, -0.05) is 18.2 Å². The molecule has 2 aromatic carbocycles. The number of amides is 4. The SMILES string of the molecule is O=C(NCCCN1CCC(c2ccc(F)cc2)CC1)N1C(=O)NCC[C@H]1c1ccc(F)c(F)c1. The normalized spacial score (nSPS) is 19.7. The highest BCUT2D eigenvalue weighted by Gasteiger charge is 2.34. The molecule has 34 heavy (non-hydrogen) atoms. The van der Waals surface area contributed by atoms with Gasteiger partial charge in [-0.05, 0) is 86.6 Å². The third kappa shape index (κ3) is 5.70. The summed E-state index contributed by atoms with van der Waals surface area (Å²) in [4.78, 5) is 28.5. The Morgan fingerprint density at radius 2 is 1.68 bits per heavy atom. The maximum atomic E-state index is 13.7. The topological polar surface area (TPSA) is 64.7 Å². The lowest BCUT2D eigenvalue weighted by Crippen LogP contribution is -2.54. The number of hydrogen-bond donors (Lipinski definition) is 2. The molecular weight excluding hydrogens is 445 g/mol. The minimum atomic E-state index is -1.01. The number of urea groups is 2. The van der Waals surface area contributed by atoms with E-state index in [1.165, 1.54) is 23.8 Å². The summed E-state index contributed by atoms with van der Waals surface area (Å²) in [6.07, 6.45) is 3.13. The lowest BCUT2D eigenvalue weighted by atomic mass is 9.89. The molecule has 0 bridgehead atoms. The van der Waals surface area contributed by atoms with E-state index in [9.17, 15) is 22.8 Å². The zero-order chi connectivity index (χ0) is 24.1. The van der Waals surface area contributed by atoms with Crippen molar-refractivity contribution in [1.29, 1.82) is 0 Å². The fourth-order valence-corrected chi connectivity index (χ4v) is 4.75. The molecule has 0 radical (unpaired) electrons. The number of piperidine rings is 1. The maximum absolute atomic E-state index is 13.7. The van der Waals surface area contributed by atoms with Crippen molar-refractivity contribution < 1.29 is 22.8 Å². The van der Waals surface area contributed by atoms with Gasteiger partial charge in [0.25, 0.3) is 0 Å². The first-order chi connectivity index (χ1) is 16.4. The van der Waals surface area contributed by atoms with Crippen molar-refractivity contribution in [2.75, 3.05) is 32.7 Å². The molecule has 4 rings (SSSR count). The second-order valence-electron chi connectivity index (χ2n) is 8.83. The zero-order valence-corrected chi connectivity index (χ0v) is 18.9. The number of carbonyl (C=O) groups is 2. The van der Waals surface area contributed by atoms with Crippen LogP contribution in [0, 0.1) is 17.5 Å². The molecule has 1 atom stereocenters. The lowest BCUT2D eigenvalue weighted by Gasteiger charge is -2.35. The van der Waals surface area contributed by atoms with Gasteiger partial charge >= 0.3 is 12.1 Å². The Labute approximate surface area is 197 Å². The maximum Gasteiger partial charge on any atom is 0.326 e. The van der Waals surface area contributed by atoms with Crippen LogP contribution in [0.3, 0.4) is 0 Å². The van der Waals surface area contributed by atoms with Crippen LogP contribution in [0.15, 0.2) is 42.5 Å². The number of likely N-dealkylation sites (tertiary alicyclic amines) is 1. The highest BCUT2D eigenvalue weighted by Crippen LogP contribution is 2.29. The van der Waals surface area contributed by atoms with Crippen LogP contribution in [0.1, 0.15) is 48.8 Å². The van der Waals surface area contributed by atoms with E-state index < -0.39 is 29.7 Å². The number of halogens is 3. The van der Waals surface area contributed by atoms with E-state index in [0.29, 0.717) is 31.0 Å². The van der Waals surface area contributed by atoms with Gasteiger partial charge in [0.05, 0.1) is 6.04 Å². The number of nitrogens with zero attached hydrogens (tertiary/aromatic N) is 2. The van der Waals surface area contributed by atoms with Gasteiger partial charge in [-0.15, -0.1) is 0 Å². The molecule has 2 N–H and O–H groups in total. The smallest absolute Gasteiger partial charge is 0.326 e. The average molecular weight is 475 g/mol. The zero-order valence-electron chi connectivity index (χ0n) is 18.9. The van der Waals surface area contributed by atoms with Crippen LogP contribution in [0.4, 0.5) is 22.8 Å². The summed E-state index contributed by atoms with van der Waals surface area (Å²) >= 11 is 0. The second kappa shape index (κ2) is 10.9. The predicted molar refractivity (Wildman–Crippen MR) is 122 cm³/mol. The molecule has 6 nitrogen and oxygen atoms in total. The van der Waals surface area contributed by atoms with Gasteiger partial charge in [-0.25, -0.2) is 27.7 Å². The van der Waals surface area contributed by atoms with E-state index in [0.717, 1.165) is 55.9 Å². The first-order valence-electron chi connectivity index (χ1n) is 11.7. The Bertz CT molecular complexity index is 1010. The van der Waals surface area contributed by atoms with E-state index in [1.54, 1.807) is 0 Å². The van der Waals surface area contributed by atoms with Gasteiger partial charge in [0.1, 0.15) is 5.82 Å². The molecule has 2 aliphatic rings. The Hall–Kier alpha value is -3.07. The molecule has 182 valence electrons. The molecule has 9 heteroatoms. The van der Waals surface area contributed by atoms with Crippen molar-refractivity contribution >= 4 is 12.1 Å². The molecule has 2 aromatic rings. The van der Waals surface area contributed by atoms with Crippen molar-refractivity contribution in [3.05, 3.63) is 71.0 Å². The van der Waals surface area contributed by atoms with Gasteiger partial charge in [0, 0.05) is 13.1 Å². The van der Waals surface area contributed by atoms with Crippen LogP contribution >= 0.6 is 0 Å². The number of nitrogens with one attached hydrogen (secondary N) is 2. The Balaban J connectivity index is 1.24. The van der Waals surface area contributed by atoms with Crippen molar-refractivity contribution in [1.82, 2.24) is 20.4 Å². The number of benzene rings is 2. The molecule has 2 fully saturated rings. The van der Waals surface area contributed by atoms with Crippen molar-refractivity contribution in [2.24, 2.45) is 0 Å². The molecule has 2 saturated heterocycles. The molecule has 2 aliphatic heterocycles. The van der Waals surface area contributed by atoms with Gasteiger partial charge in [0.2, 0.25) is 0 Å². The summed E-state index contributed by atoms with van der Waals surface area (Å²) in [6, 6.07) is 8.40. The van der Waals surface area contributed by atoms with Gasteiger partial charge in [-0.2, -0.15) is 0 Å². The van der Waals surface area contributed by atoms with E-state index in [2.05, 4.69) is 15.5 Å². The van der Waals surface area contributed by atoms with Crippen molar-refractivity contribution in [3.8, 4) is 0 Å². The molecule has 0 aromatic heterocycles. The highest BCUT2D eigenvalue weighted by molar-refractivity contribution is 5.94. The summed E-state index contributed by atoms with van der Waals surface area (Å²) < 4.78 is 40.2. The van der Waals surface area contributed by atoms with Crippen LogP contribution in [0.25, 0.3) is 0 Å². The quantitative estimate of drug-likeness (QED) is 0.605. The summed E-state index contributed by atoms with van der Waals surface area (Å²) in [5.74, 6) is -1.77. The van der Waals surface area contributed by atoms with Crippen LogP contribution in [0.2, 0.25) is 0 Å². The van der Waals surface area contributed by atoms with Crippen LogP contribution in [0.5, 0.6) is 0 Å². The van der Waals surface area contributed by atoms with Gasteiger partial charge < -0.3 is 15.5 Å². The lowest BCUT2D eigenvalue weighted by molar-refractivity contribution is 0.154. The average Bonchev–Trinajstić information content (AvgIpc) is 2.84. The Kier molecular flexibility index (Phi) is 7.72. The van der Waals surface area contributed by atoms with Crippen molar-refractivity contribution in [2.45, 2.75) is 37.6 Å². The fraction of sp³-hybridized carbons (Fsp3) is 0.440. The van der Waals surface area contributed by atoms with E-state index in [-0.39, 0.29) is 5.82 Å². The minimum Gasteiger partial charge on any atom is -0.338 e. The van der Waals surface area contributed by atoms with Crippen LogP contribution in [-0.2, 0) is 0 Å². The first kappa shape index (κ1) is 24.1. The molecule has 0 saturated carbocycles. The van der Waals surface area contributed by atoms with Crippen LogP contribution < -0.4 is 10.6 Å². The summed E-state index contributed by atoms with van der Waals surface area (Å²) in [5, 5.41) is 5.41. The monoisotopic (exact) mass is 474 g/mol. The first-order valence-corrected chi connectivity index (χ1v) is 11.7. The van der Waals surface area contributed by atoms with Gasteiger partial charge in [0.15, 0.2) is 11.6 Å². The minimum absolute atomic E-state index is 0.221. The van der Waals surface area contributed by atoms with Crippen LogP contribution in [-0.4, -0.2) is 54.6 Å². The molecule has 0 unspecified atom stereocenters. The number of rotatable bonds is 6. The summed E-state index contributed by atoms with van der Waals surface area (Å²) in [7, 11) is 0. The number of imide groups is 1. The fourth-order valence-electron chi connectivity index (χ4n) is 4.75. The van der Waals surface area contributed by atoms with E-state index in [1.807, 2.05) is 12.1 Å². The number of hydrogen-bond acceptors (Lipinski definition) is 3. The summed E-state index contributed by atoms with van der Waals surface area (Å²) in [5.41, 5.74) is 1.55. The molecule has 4 amide bonds. The van der Waals surface area contributed by atoms with Crippen molar-refractivity contribution in [3.63, 3.8) is 0 Å². The van der Waals surface area contributed by atoms with E-state index in [4.69, 9.17) is 0 Å². The molecular formula is C25H29F3N4O2. The third-order valence-corrected chi connectivity index (χ3v) is 6.63. The molecule has 0 spiro atoms. The standard InChI is InChI=1S/C25H29F3N4O2/c26-20-5-2-17(3-6-20)18-9-14-31(15-10-18)13-1-11-29-24(33)32-23(8-12-30-25(32)34)19-4-7-21(27)22(28)16-19/h2-7,16,18,23H,1,8-15H2,(H,29,33)(H,30,34)/t23-/m0/s1. The third-order valence-electron chi connectivity index (χ3n) is 6.63.